The highest BCUT2D eigenvalue weighted by molar-refractivity contribution is 5.83. The molecule has 1 aromatic carbocycles. The quantitative estimate of drug-likeness (QED) is 0.638. The largest absolute Gasteiger partial charge is 0.356 e. The van der Waals surface area contributed by atoms with Crippen LogP contribution in [0.25, 0.3) is 10.9 Å². The number of carbonyl (C=O) groups excluding carboxylic acids is 1. The lowest BCUT2D eigenvalue weighted by molar-refractivity contribution is -0.156. The lowest BCUT2D eigenvalue weighted by Gasteiger charge is -2.60. The molecule has 1 N–H and O–H groups in total. The summed E-state index contributed by atoms with van der Waals surface area (Å²) in [4.78, 5) is 17.6. The van der Waals surface area contributed by atoms with E-state index in [-0.39, 0.29) is 16.9 Å². The van der Waals surface area contributed by atoms with Gasteiger partial charge in [0.15, 0.2) is 0 Å². The third-order valence-corrected chi connectivity index (χ3v) is 7.96. The number of aromatic nitrogens is 4. The normalized spacial score (nSPS) is 32.0. The second-order valence-corrected chi connectivity index (χ2v) is 9.98. The van der Waals surface area contributed by atoms with Gasteiger partial charge < -0.3 is 9.88 Å². The number of aryl methyl sites for hydroxylation is 1. The molecule has 30 heavy (non-hydrogen) atoms. The minimum absolute atomic E-state index is 0.00196. The first-order valence-electron chi connectivity index (χ1n) is 11.3. The molecule has 0 radical (unpaired) electrons. The lowest BCUT2D eigenvalue weighted by Crippen LogP contribution is -2.61. The van der Waals surface area contributed by atoms with E-state index in [0.717, 1.165) is 51.6 Å². The summed E-state index contributed by atoms with van der Waals surface area (Å²) < 4.78 is 4.36. The van der Waals surface area contributed by atoms with Crippen molar-refractivity contribution in [3.8, 4) is 0 Å². The summed E-state index contributed by atoms with van der Waals surface area (Å²) in [6.45, 7) is 1.66. The molecule has 0 saturated heterocycles. The van der Waals surface area contributed by atoms with Crippen LogP contribution in [0.1, 0.15) is 44.9 Å². The Morgan fingerprint density at radius 3 is 2.77 bits per heavy atom. The van der Waals surface area contributed by atoms with Crippen LogP contribution in [0.15, 0.2) is 49.2 Å². The first kappa shape index (κ1) is 18.2. The molecule has 2 aromatic heterocycles. The number of fused-ring (bicyclic) bond motifs is 1. The van der Waals surface area contributed by atoms with Crippen molar-refractivity contribution in [3.63, 3.8) is 0 Å². The average molecular weight is 404 g/mol. The molecule has 2 atom stereocenters. The van der Waals surface area contributed by atoms with Crippen LogP contribution in [0, 0.1) is 17.3 Å². The zero-order chi connectivity index (χ0) is 20.2. The molecule has 3 aromatic rings. The highest BCUT2D eigenvalue weighted by Crippen LogP contribution is 2.64. The molecule has 4 fully saturated rings. The molecule has 0 spiro atoms. The maximum Gasteiger partial charge on any atom is 0.226 e. The number of para-hydroxylation sites is 1. The van der Waals surface area contributed by atoms with Crippen molar-refractivity contribution in [2.24, 2.45) is 17.3 Å². The summed E-state index contributed by atoms with van der Waals surface area (Å²) in [5, 5.41) is 9.08. The predicted octanol–water partition coefficient (Wildman–Crippen LogP) is 3.73. The van der Waals surface area contributed by atoms with Crippen LogP contribution in [0.5, 0.6) is 0 Å². The molecule has 4 aliphatic rings. The number of nitrogens with one attached hydrogen (secondary N) is 1. The third kappa shape index (κ3) is 2.80. The molecule has 4 saturated carbocycles. The molecule has 0 aliphatic heterocycles. The average Bonchev–Trinajstić information content (AvgIpc) is 3.41. The Morgan fingerprint density at radius 1 is 1.13 bits per heavy atom. The number of hydrogen-bond acceptors (Lipinski definition) is 3. The van der Waals surface area contributed by atoms with Gasteiger partial charge in [0, 0.05) is 24.8 Å². The standard InChI is InChI=1S/C24H29N5O/c30-22(26-7-3-8-28-9-6-20-4-1-2-5-21(20)28)23-11-18-10-19(12-23)14-24(13-18,15-23)29-17-25-16-27-29/h1-2,4-6,9,16-19H,3,7-8,10-15H2,(H,26,30). The van der Waals surface area contributed by atoms with E-state index in [1.165, 1.54) is 17.3 Å². The van der Waals surface area contributed by atoms with Crippen LogP contribution in [-0.4, -0.2) is 31.8 Å². The number of amides is 1. The van der Waals surface area contributed by atoms with Crippen molar-refractivity contribution in [1.82, 2.24) is 24.6 Å². The first-order valence-corrected chi connectivity index (χ1v) is 11.3. The molecule has 4 aliphatic carbocycles. The molecule has 2 heterocycles. The molecule has 156 valence electrons. The number of nitrogens with zero attached hydrogens (tertiary/aromatic N) is 4. The van der Waals surface area contributed by atoms with Gasteiger partial charge in [-0.15, -0.1) is 0 Å². The van der Waals surface area contributed by atoms with E-state index in [9.17, 15) is 4.79 Å². The Hall–Kier alpha value is -2.63. The summed E-state index contributed by atoms with van der Waals surface area (Å²) in [6, 6.07) is 10.6. The zero-order valence-electron chi connectivity index (χ0n) is 17.3. The van der Waals surface area contributed by atoms with E-state index in [1.54, 1.807) is 6.33 Å². The van der Waals surface area contributed by atoms with Gasteiger partial charge in [-0.3, -0.25) is 4.79 Å². The van der Waals surface area contributed by atoms with Gasteiger partial charge in [0.2, 0.25) is 5.91 Å². The minimum Gasteiger partial charge on any atom is -0.356 e. The predicted molar refractivity (Wildman–Crippen MR) is 115 cm³/mol. The monoisotopic (exact) mass is 403 g/mol. The van der Waals surface area contributed by atoms with Gasteiger partial charge in [0.1, 0.15) is 12.7 Å². The summed E-state index contributed by atoms with van der Waals surface area (Å²) in [7, 11) is 0. The van der Waals surface area contributed by atoms with Crippen LogP contribution in [-0.2, 0) is 16.9 Å². The van der Waals surface area contributed by atoms with Gasteiger partial charge in [-0.05, 0) is 74.3 Å². The molecular formula is C24H29N5O. The van der Waals surface area contributed by atoms with Crippen LogP contribution in [0.4, 0.5) is 0 Å². The van der Waals surface area contributed by atoms with E-state index < -0.39 is 0 Å². The van der Waals surface area contributed by atoms with Gasteiger partial charge in [0.05, 0.1) is 11.0 Å². The van der Waals surface area contributed by atoms with Crippen molar-refractivity contribution in [2.75, 3.05) is 6.54 Å². The zero-order valence-corrected chi connectivity index (χ0v) is 17.3. The van der Waals surface area contributed by atoms with Crippen LogP contribution >= 0.6 is 0 Å². The van der Waals surface area contributed by atoms with Crippen molar-refractivity contribution in [2.45, 2.75) is 57.0 Å². The van der Waals surface area contributed by atoms with Crippen LogP contribution < -0.4 is 5.32 Å². The number of carbonyl (C=O) groups is 1. The Labute approximate surface area is 176 Å². The fourth-order valence-corrected chi connectivity index (χ4v) is 7.18. The third-order valence-electron chi connectivity index (χ3n) is 7.96. The Morgan fingerprint density at radius 2 is 1.97 bits per heavy atom. The summed E-state index contributed by atoms with van der Waals surface area (Å²) >= 11 is 0. The first-order chi connectivity index (χ1) is 14.7. The second kappa shape index (κ2) is 6.69. The maximum atomic E-state index is 13.4. The van der Waals surface area contributed by atoms with E-state index in [0.29, 0.717) is 11.8 Å². The topological polar surface area (TPSA) is 64.7 Å². The van der Waals surface area contributed by atoms with Crippen molar-refractivity contribution in [1.29, 1.82) is 0 Å². The maximum absolute atomic E-state index is 13.4. The molecule has 6 nitrogen and oxygen atoms in total. The SMILES string of the molecule is O=C(NCCCn1ccc2ccccc21)C12CC3CC(C1)CC(n1cncn1)(C3)C2. The van der Waals surface area contributed by atoms with E-state index in [4.69, 9.17) is 0 Å². The van der Waals surface area contributed by atoms with Gasteiger partial charge in [-0.1, -0.05) is 18.2 Å². The lowest BCUT2D eigenvalue weighted by atomic mass is 9.46. The van der Waals surface area contributed by atoms with Gasteiger partial charge in [0.25, 0.3) is 0 Å². The molecule has 7 rings (SSSR count). The second-order valence-electron chi connectivity index (χ2n) is 9.98. The van der Waals surface area contributed by atoms with Gasteiger partial charge >= 0.3 is 0 Å². The number of hydrogen-bond donors (Lipinski definition) is 1. The van der Waals surface area contributed by atoms with Crippen LogP contribution in [0.3, 0.4) is 0 Å². The molecule has 6 heteroatoms. The van der Waals surface area contributed by atoms with Crippen molar-refractivity contribution >= 4 is 16.8 Å². The van der Waals surface area contributed by atoms with Crippen LogP contribution in [0.2, 0.25) is 0 Å². The summed E-state index contributed by atoms with van der Waals surface area (Å²) in [6.07, 6.45) is 13.2. The molecule has 2 unspecified atom stereocenters. The van der Waals surface area contributed by atoms with Gasteiger partial charge in [-0.25, -0.2) is 9.67 Å². The molecule has 1 amide bonds. The van der Waals surface area contributed by atoms with E-state index in [2.05, 4.69) is 61.2 Å². The highest BCUT2D eigenvalue weighted by atomic mass is 16.2. The minimum atomic E-state index is -0.212. The fourth-order valence-electron chi connectivity index (χ4n) is 7.18. The van der Waals surface area contributed by atoms with Crippen molar-refractivity contribution in [3.05, 3.63) is 49.2 Å². The Balaban J connectivity index is 1.13. The smallest absolute Gasteiger partial charge is 0.226 e. The number of rotatable bonds is 6. The van der Waals surface area contributed by atoms with E-state index >= 15 is 0 Å². The van der Waals surface area contributed by atoms with Gasteiger partial charge in [-0.2, -0.15) is 5.10 Å². The Kier molecular flexibility index (Phi) is 4.05. The molecule has 4 bridgehead atoms. The van der Waals surface area contributed by atoms with Crippen molar-refractivity contribution < 1.29 is 4.79 Å². The summed E-state index contributed by atoms with van der Waals surface area (Å²) in [5.74, 6) is 1.57. The fraction of sp³-hybridized carbons (Fsp3) is 0.542. The van der Waals surface area contributed by atoms with E-state index in [1.807, 2.05) is 6.33 Å². The Bertz CT molecular complexity index is 1050. The molecular weight excluding hydrogens is 374 g/mol. The number of benzene rings is 1. The summed E-state index contributed by atoms with van der Waals surface area (Å²) in [5.41, 5.74) is 1.05. The highest BCUT2D eigenvalue weighted by Gasteiger charge is 2.61.